The van der Waals surface area contributed by atoms with Crippen molar-refractivity contribution in [1.82, 2.24) is 20.2 Å². The van der Waals surface area contributed by atoms with E-state index in [9.17, 15) is 4.79 Å². The molecule has 1 N–H and O–H groups in total. The lowest BCUT2D eigenvalue weighted by atomic mass is 10.2. The van der Waals surface area contributed by atoms with Crippen LogP contribution < -0.4 is 10.2 Å². The molecule has 6 nitrogen and oxygen atoms in total. The van der Waals surface area contributed by atoms with Crippen LogP contribution in [0.2, 0.25) is 0 Å². The first kappa shape index (κ1) is 20.9. The third-order valence-corrected chi connectivity index (χ3v) is 5.24. The molecule has 0 radical (unpaired) electrons. The lowest BCUT2D eigenvalue weighted by molar-refractivity contribution is 0.0744. The Balaban J connectivity index is 1.73. The van der Waals surface area contributed by atoms with Crippen molar-refractivity contribution in [3.63, 3.8) is 0 Å². The van der Waals surface area contributed by atoms with Crippen LogP contribution in [0.1, 0.15) is 54.9 Å². The Morgan fingerprint density at radius 1 is 1.25 bits per heavy atom. The van der Waals surface area contributed by atoms with Crippen LogP contribution >= 0.6 is 15.9 Å². The second-order valence-corrected chi connectivity index (χ2v) is 8.69. The van der Waals surface area contributed by atoms with Crippen molar-refractivity contribution in [3.05, 3.63) is 45.7 Å². The summed E-state index contributed by atoms with van der Waals surface area (Å²) in [7, 11) is 0. The fourth-order valence-electron chi connectivity index (χ4n) is 3.22. The molecule has 7 heteroatoms. The SMILES string of the molecule is Cc1cc(C(=O)NN2CCCCC2)nn1Cc1cc(Br)ccc1OCC(C)C. The highest BCUT2D eigenvalue weighted by Crippen LogP contribution is 2.25. The molecular weight excluding hydrogens is 420 g/mol. The summed E-state index contributed by atoms with van der Waals surface area (Å²) in [5.41, 5.74) is 5.40. The van der Waals surface area contributed by atoms with E-state index < -0.39 is 0 Å². The van der Waals surface area contributed by atoms with E-state index in [4.69, 9.17) is 4.74 Å². The largest absolute Gasteiger partial charge is 0.493 e. The zero-order valence-electron chi connectivity index (χ0n) is 16.9. The van der Waals surface area contributed by atoms with Crippen LogP contribution in [-0.4, -0.2) is 40.4 Å². The number of nitrogens with zero attached hydrogens (tertiary/aromatic N) is 3. The van der Waals surface area contributed by atoms with Gasteiger partial charge in [-0.3, -0.25) is 14.9 Å². The lowest BCUT2D eigenvalue weighted by Crippen LogP contribution is -2.45. The molecule has 28 heavy (non-hydrogen) atoms. The number of carbonyl (C=O) groups excluding carboxylic acids is 1. The summed E-state index contributed by atoms with van der Waals surface area (Å²) < 4.78 is 8.82. The van der Waals surface area contributed by atoms with Gasteiger partial charge in [0.05, 0.1) is 13.2 Å². The summed E-state index contributed by atoms with van der Waals surface area (Å²) in [4.78, 5) is 12.6. The Morgan fingerprint density at radius 3 is 2.71 bits per heavy atom. The van der Waals surface area contributed by atoms with Gasteiger partial charge in [-0.15, -0.1) is 0 Å². The third kappa shape index (κ3) is 5.58. The van der Waals surface area contributed by atoms with Crippen molar-refractivity contribution in [2.45, 2.75) is 46.6 Å². The second-order valence-electron chi connectivity index (χ2n) is 7.77. The summed E-state index contributed by atoms with van der Waals surface area (Å²) in [6.45, 7) is 9.25. The molecule has 0 unspecified atom stereocenters. The van der Waals surface area contributed by atoms with Crippen LogP contribution in [0.15, 0.2) is 28.7 Å². The van der Waals surface area contributed by atoms with Crippen LogP contribution in [0.4, 0.5) is 0 Å². The maximum absolute atomic E-state index is 12.6. The Hall–Kier alpha value is -1.86. The molecule has 1 saturated heterocycles. The van der Waals surface area contributed by atoms with Crippen LogP contribution in [0.5, 0.6) is 5.75 Å². The molecule has 0 saturated carbocycles. The summed E-state index contributed by atoms with van der Waals surface area (Å²) in [5, 5.41) is 6.54. The van der Waals surface area contributed by atoms with E-state index in [1.807, 2.05) is 40.9 Å². The number of nitrogens with one attached hydrogen (secondary N) is 1. The zero-order valence-corrected chi connectivity index (χ0v) is 18.5. The number of carbonyl (C=O) groups is 1. The Bertz CT molecular complexity index is 813. The van der Waals surface area contributed by atoms with Crippen molar-refractivity contribution >= 4 is 21.8 Å². The molecule has 1 fully saturated rings. The molecule has 1 aromatic carbocycles. The highest BCUT2D eigenvalue weighted by molar-refractivity contribution is 9.10. The number of rotatable bonds is 7. The van der Waals surface area contributed by atoms with Crippen LogP contribution in [0, 0.1) is 12.8 Å². The molecule has 1 aliphatic rings. The summed E-state index contributed by atoms with van der Waals surface area (Å²) in [5.74, 6) is 1.16. The fraction of sp³-hybridized carbons (Fsp3) is 0.524. The van der Waals surface area contributed by atoms with E-state index in [0.29, 0.717) is 24.8 Å². The maximum Gasteiger partial charge on any atom is 0.286 e. The molecule has 2 heterocycles. The number of benzene rings is 1. The lowest BCUT2D eigenvalue weighted by Gasteiger charge is -2.26. The molecule has 3 rings (SSSR count). The van der Waals surface area contributed by atoms with Gasteiger partial charge in [0.15, 0.2) is 5.69 Å². The number of amides is 1. The summed E-state index contributed by atoms with van der Waals surface area (Å²) in [6.07, 6.45) is 3.47. The van der Waals surface area contributed by atoms with Gasteiger partial charge in [0.25, 0.3) is 5.91 Å². The molecule has 1 aliphatic heterocycles. The molecule has 0 spiro atoms. The molecule has 0 atom stereocenters. The minimum Gasteiger partial charge on any atom is -0.493 e. The first-order valence-corrected chi connectivity index (χ1v) is 10.7. The number of hydrogen-bond donors (Lipinski definition) is 1. The Labute approximate surface area is 175 Å². The van der Waals surface area contributed by atoms with Gasteiger partial charge in [0.1, 0.15) is 5.75 Å². The van der Waals surface area contributed by atoms with Crippen LogP contribution in [0.3, 0.4) is 0 Å². The van der Waals surface area contributed by atoms with Crippen molar-refractivity contribution in [1.29, 1.82) is 0 Å². The van der Waals surface area contributed by atoms with E-state index in [-0.39, 0.29) is 5.91 Å². The van der Waals surface area contributed by atoms with Crippen molar-refractivity contribution < 1.29 is 9.53 Å². The maximum atomic E-state index is 12.6. The number of ether oxygens (including phenoxy) is 1. The fourth-order valence-corrected chi connectivity index (χ4v) is 3.63. The number of aryl methyl sites for hydroxylation is 1. The topological polar surface area (TPSA) is 59.4 Å². The van der Waals surface area contributed by atoms with Crippen molar-refractivity contribution in [3.8, 4) is 5.75 Å². The average molecular weight is 449 g/mol. The van der Waals surface area contributed by atoms with Gasteiger partial charge in [-0.2, -0.15) is 5.10 Å². The summed E-state index contributed by atoms with van der Waals surface area (Å²) >= 11 is 3.54. The van der Waals surface area contributed by atoms with E-state index in [1.165, 1.54) is 6.42 Å². The minimum absolute atomic E-state index is 0.144. The molecule has 2 aromatic rings. The zero-order chi connectivity index (χ0) is 20.1. The van der Waals surface area contributed by atoms with Crippen molar-refractivity contribution in [2.24, 2.45) is 5.92 Å². The Kier molecular flexibility index (Phi) is 7.13. The van der Waals surface area contributed by atoms with Gasteiger partial charge in [-0.05, 0) is 49.9 Å². The van der Waals surface area contributed by atoms with Gasteiger partial charge in [0, 0.05) is 28.8 Å². The van der Waals surface area contributed by atoms with Gasteiger partial charge in [-0.1, -0.05) is 36.2 Å². The van der Waals surface area contributed by atoms with E-state index in [1.54, 1.807) is 0 Å². The molecule has 0 aliphatic carbocycles. The van der Waals surface area contributed by atoms with Gasteiger partial charge >= 0.3 is 0 Å². The minimum atomic E-state index is -0.144. The van der Waals surface area contributed by atoms with Crippen LogP contribution in [0.25, 0.3) is 0 Å². The Morgan fingerprint density at radius 2 is 2.00 bits per heavy atom. The number of aromatic nitrogens is 2. The van der Waals surface area contributed by atoms with Crippen molar-refractivity contribution in [2.75, 3.05) is 19.7 Å². The molecular formula is C21H29BrN4O2. The van der Waals surface area contributed by atoms with E-state index >= 15 is 0 Å². The van der Waals surface area contributed by atoms with Crippen LogP contribution in [-0.2, 0) is 6.54 Å². The van der Waals surface area contributed by atoms with Gasteiger partial charge in [0.2, 0.25) is 0 Å². The third-order valence-electron chi connectivity index (χ3n) is 4.74. The predicted octanol–water partition coefficient (Wildman–Crippen LogP) is 4.17. The number of hydrogen-bond acceptors (Lipinski definition) is 4. The molecule has 0 bridgehead atoms. The smallest absolute Gasteiger partial charge is 0.286 e. The van der Waals surface area contributed by atoms with E-state index in [0.717, 1.165) is 47.4 Å². The number of halogens is 1. The highest BCUT2D eigenvalue weighted by atomic mass is 79.9. The van der Waals surface area contributed by atoms with Gasteiger partial charge < -0.3 is 4.74 Å². The molecule has 152 valence electrons. The first-order valence-electron chi connectivity index (χ1n) is 9.94. The number of hydrazine groups is 1. The summed E-state index contributed by atoms with van der Waals surface area (Å²) in [6, 6.07) is 7.84. The second kappa shape index (κ2) is 9.56. The van der Waals surface area contributed by atoms with Gasteiger partial charge in [-0.25, -0.2) is 5.01 Å². The van der Waals surface area contributed by atoms with E-state index in [2.05, 4.69) is 40.3 Å². The standard InChI is InChI=1S/C21H29BrN4O2/c1-15(2)14-28-20-8-7-18(22)12-17(20)13-26-16(3)11-19(23-26)21(27)24-25-9-5-4-6-10-25/h7-8,11-12,15H,4-6,9-10,13-14H2,1-3H3,(H,24,27). The number of piperidine rings is 1. The molecule has 1 aromatic heterocycles. The monoisotopic (exact) mass is 448 g/mol. The molecule has 1 amide bonds. The average Bonchev–Trinajstić information content (AvgIpc) is 3.02. The quantitative estimate of drug-likeness (QED) is 0.690. The predicted molar refractivity (Wildman–Crippen MR) is 113 cm³/mol. The highest BCUT2D eigenvalue weighted by Gasteiger charge is 2.18. The normalized spacial score (nSPS) is 15.0. The first-order chi connectivity index (χ1) is 13.4.